The van der Waals surface area contributed by atoms with Gasteiger partial charge in [-0.1, -0.05) is 53.7 Å². The van der Waals surface area contributed by atoms with Crippen LogP contribution in [0.5, 0.6) is 0 Å². The van der Waals surface area contributed by atoms with E-state index in [0.29, 0.717) is 32.3 Å². The third-order valence-corrected chi connectivity index (χ3v) is 16.0. The van der Waals surface area contributed by atoms with Gasteiger partial charge in [-0.3, -0.25) is 4.79 Å². The van der Waals surface area contributed by atoms with Crippen LogP contribution >= 0.6 is 0 Å². The highest BCUT2D eigenvalue weighted by molar-refractivity contribution is 6.74. The van der Waals surface area contributed by atoms with Crippen LogP contribution in [0.1, 0.15) is 74.7 Å². The molecule has 184 valence electrons. The highest BCUT2D eigenvalue weighted by atomic mass is 28.4. The normalized spacial score (nSPS) is 18.0. The Kier molecular flexibility index (Phi) is 11.4. The Balaban J connectivity index is 4.78. The van der Waals surface area contributed by atoms with Crippen LogP contribution in [0.2, 0.25) is 36.3 Å². The Morgan fingerprint density at radius 2 is 1.45 bits per heavy atom. The van der Waals surface area contributed by atoms with Crippen molar-refractivity contribution in [1.82, 2.24) is 0 Å². The third-order valence-electron chi connectivity index (χ3n) is 6.90. The molecule has 0 aliphatic carbocycles. The van der Waals surface area contributed by atoms with Gasteiger partial charge in [0.2, 0.25) is 0 Å². The van der Waals surface area contributed by atoms with E-state index in [1.807, 2.05) is 13.0 Å². The van der Waals surface area contributed by atoms with Gasteiger partial charge in [0.1, 0.15) is 6.10 Å². The molecule has 0 rings (SSSR count). The van der Waals surface area contributed by atoms with Gasteiger partial charge < -0.3 is 18.7 Å². The molecule has 0 aliphatic rings. The van der Waals surface area contributed by atoms with Crippen LogP contribution in [0.3, 0.4) is 0 Å². The average Bonchev–Trinajstić information content (AvgIpc) is 2.51. The van der Waals surface area contributed by atoms with Crippen molar-refractivity contribution in [1.29, 1.82) is 0 Å². The number of hydrogen-bond donors (Lipinski definition) is 1. The van der Waals surface area contributed by atoms with Crippen molar-refractivity contribution in [3.63, 3.8) is 0 Å². The summed E-state index contributed by atoms with van der Waals surface area (Å²) in [7, 11) is -3.70. The molecule has 0 aromatic rings. The molecular formula is C24H50O5Si2. The Morgan fingerprint density at radius 1 is 0.935 bits per heavy atom. The molecule has 1 N–H and O–H groups in total. The fourth-order valence-corrected chi connectivity index (χ4v) is 5.17. The summed E-state index contributed by atoms with van der Waals surface area (Å²) in [4.78, 5) is 11.0. The first-order chi connectivity index (χ1) is 13.7. The molecule has 0 saturated heterocycles. The molecule has 7 heteroatoms. The van der Waals surface area contributed by atoms with Gasteiger partial charge in [0.25, 0.3) is 6.47 Å². The van der Waals surface area contributed by atoms with Gasteiger partial charge >= 0.3 is 0 Å². The van der Waals surface area contributed by atoms with Gasteiger partial charge in [0.05, 0.1) is 5.60 Å². The minimum Gasteiger partial charge on any atom is -0.464 e. The number of carbonyl (C=O) groups is 1. The lowest BCUT2D eigenvalue weighted by Gasteiger charge is -2.39. The lowest BCUT2D eigenvalue weighted by atomic mass is 10.0. The lowest BCUT2D eigenvalue weighted by Crippen LogP contribution is -2.44. The molecule has 0 fully saturated rings. The molecule has 0 saturated carbocycles. The smallest absolute Gasteiger partial charge is 0.293 e. The van der Waals surface area contributed by atoms with E-state index < -0.39 is 22.2 Å². The number of ether oxygens (including phenoxy) is 1. The summed E-state index contributed by atoms with van der Waals surface area (Å²) >= 11 is 0. The minimum absolute atomic E-state index is 0.00209. The van der Waals surface area contributed by atoms with E-state index in [4.69, 9.17) is 13.6 Å². The largest absolute Gasteiger partial charge is 0.464 e. The summed E-state index contributed by atoms with van der Waals surface area (Å²) < 4.78 is 17.9. The maximum Gasteiger partial charge on any atom is 0.293 e. The lowest BCUT2D eigenvalue weighted by molar-refractivity contribution is -0.134. The number of carbonyl (C=O) groups excluding carboxylic acids is 1. The van der Waals surface area contributed by atoms with E-state index in [-0.39, 0.29) is 22.3 Å². The summed E-state index contributed by atoms with van der Waals surface area (Å²) in [5.41, 5.74) is -0.961. The van der Waals surface area contributed by atoms with Gasteiger partial charge in [0.15, 0.2) is 16.6 Å². The Hall–Kier alpha value is -0.476. The molecule has 0 aromatic heterocycles. The van der Waals surface area contributed by atoms with Crippen LogP contribution in [-0.4, -0.2) is 52.6 Å². The zero-order valence-corrected chi connectivity index (χ0v) is 24.3. The van der Waals surface area contributed by atoms with Crippen molar-refractivity contribution in [2.75, 3.05) is 6.61 Å². The van der Waals surface area contributed by atoms with E-state index in [1.54, 1.807) is 13.0 Å². The van der Waals surface area contributed by atoms with E-state index in [2.05, 4.69) is 67.7 Å². The molecule has 0 radical (unpaired) electrons. The van der Waals surface area contributed by atoms with Gasteiger partial charge in [-0.05, 0) is 50.1 Å². The molecule has 0 bridgehead atoms. The number of aliphatic hydroxyl groups is 1. The third kappa shape index (κ3) is 11.3. The van der Waals surface area contributed by atoms with Crippen LogP contribution < -0.4 is 0 Å². The van der Waals surface area contributed by atoms with Gasteiger partial charge in [-0.25, -0.2) is 0 Å². The van der Waals surface area contributed by atoms with Crippen molar-refractivity contribution < 1.29 is 23.5 Å². The molecule has 5 nitrogen and oxygen atoms in total. The summed E-state index contributed by atoms with van der Waals surface area (Å²) in [6.07, 6.45) is 5.13. The molecule has 0 aliphatic heterocycles. The van der Waals surface area contributed by atoms with Crippen LogP contribution in [0.4, 0.5) is 0 Å². The van der Waals surface area contributed by atoms with Crippen molar-refractivity contribution in [2.24, 2.45) is 0 Å². The van der Waals surface area contributed by atoms with Gasteiger partial charge in [0, 0.05) is 32.0 Å². The first-order valence-corrected chi connectivity index (χ1v) is 17.4. The molecule has 0 amide bonds. The van der Waals surface area contributed by atoms with Crippen molar-refractivity contribution >= 4 is 23.1 Å². The Bertz CT molecular complexity index is 571. The summed E-state index contributed by atoms with van der Waals surface area (Å²) in [6, 6.07) is 0. The molecule has 0 unspecified atom stereocenters. The topological polar surface area (TPSA) is 65.0 Å². The molecule has 0 spiro atoms. The SMILES string of the molecule is C[C@H](C[C@@H](C/C=C/[C@](C)(O)CCO[Si](C)(C)C(C)(C)C)OC=O)O[Si](C)(C)C(C)(C)C. The van der Waals surface area contributed by atoms with E-state index in [9.17, 15) is 9.90 Å². The quantitative estimate of drug-likeness (QED) is 0.189. The predicted molar refractivity (Wildman–Crippen MR) is 135 cm³/mol. The maximum atomic E-state index is 11.0. The summed E-state index contributed by atoms with van der Waals surface area (Å²) in [6.45, 7) is 27.0. The fraction of sp³-hybridized carbons (Fsp3) is 0.875. The first kappa shape index (κ1) is 30.5. The van der Waals surface area contributed by atoms with Crippen molar-refractivity contribution in [3.8, 4) is 0 Å². The number of rotatable bonds is 13. The predicted octanol–water partition coefficient (Wildman–Crippen LogP) is 6.44. The minimum atomic E-state index is -1.88. The van der Waals surface area contributed by atoms with Gasteiger partial charge in [-0.15, -0.1) is 0 Å². The van der Waals surface area contributed by atoms with Crippen LogP contribution in [0.25, 0.3) is 0 Å². The fourth-order valence-electron chi connectivity index (χ4n) is 2.67. The standard InChI is InChI=1S/C24H50O5Si2/c1-20(29-31(11,12)23(5,6)7)18-21(27-19-25)14-13-15-24(8,26)16-17-28-30(9,10)22(2,3)4/h13,15,19-21,26H,14,16-18H2,1-12H3/b15-13+/t20-,21-,24+/m1/s1. The second-order valence-corrected chi connectivity index (χ2v) is 21.7. The highest BCUT2D eigenvalue weighted by Gasteiger charge is 2.39. The Morgan fingerprint density at radius 3 is 1.90 bits per heavy atom. The Labute approximate surface area is 194 Å². The van der Waals surface area contributed by atoms with E-state index in [1.165, 1.54) is 0 Å². The summed E-state index contributed by atoms with van der Waals surface area (Å²) in [5.74, 6) is 0. The second kappa shape index (κ2) is 11.6. The first-order valence-electron chi connectivity index (χ1n) is 11.5. The zero-order chi connectivity index (χ0) is 24.7. The second-order valence-electron chi connectivity index (χ2n) is 12.1. The zero-order valence-electron chi connectivity index (χ0n) is 22.3. The van der Waals surface area contributed by atoms with E-state index in [0.717, 1.165) is 0 Å². The average molecular weight is 475 g/mol. The molecular weight excluding hydrogens is 424 g/mol. The molecule has 31 heavy (non-hydrogen) atoms. The summed E-state index contributed by atoms with van der Waals surface area (Å²) in [5, 5.41) is 11.0. The van der Waals surface area contributed by atoms with Crippen LogP contribution in [0, 0.1) is 0 Å². The number of hydrogen-bond acceptors (Lipinski definition) is 5. The van der Waals surface area contributed by atoms with Crippen molar-refractivity contribution in [2.45, 2.75) is 129 Å². The maximum absolute atomic E-state index is 11.0. The van der Waals surface area contributed by atoms with Crippen molar-refractivity contribution in [3.05, 3.63) is 12.2 Å². The molecule has 0 heterocycles. The highest BCUT2D eigenvalue weighted by Crippen LogP contribution is 2.38. The van der Waals surface area contributed by atoms with Gasteiger partial charge in [-0.2, -0.15) is 0 Å². The molecule has 0 aromatic carbocycles. The molecule has 3 atom stereocenters. The monoisotopic (exact) mass is 474 g/mol. The van der Waals surface area contributed by atoms with Crippen LogP contribution in [-0.2, 0) is 18.4 Å². The van der Waals surface area contributed by atoms with Crippen LogP contribution in [0.15, 0.2) is 12.2 Å². The van der Waals surface area contributed by atoms with E-state index >= 15 is 0 Å².